The van der Waals surface area contributed by atoms with Gasteiger partial charge in [0.25, 0.3) is 0 Å². The summed E-state index contributed by atoms with van der Waals surface area (Å²) in [6.07, 6.45) is 6.09. The Hall–Kier alpha value is -2.28. The largest absolute Gasteiger partial charge is 0.323 e. The van der Waals surface area contributed by atoms with E-state index in [1.807, 2.05) is 30.5 Å². The van der Waals surface area contributed by atoms with Crippen LogP contribution in [0.25, 0.3) is 0 Å². The van der Waals surface area contributed by atoms with Gasteiger partial charge in [0.2, 0.25) is 11.8 Å². The summed E-state index contributed by atoms with van der Waals surface area (Å²) in [6.45, 7) is 3.54. The third-order valence-electron chi connectivity index (χ3n) is 4.66. The standard InChI is InChI=1S/C18H20N4O2S/c1-18(2)16(24)20-13-5-3-4-6-14(13)22(18)15(23)11-25-17-19-9-10-21(17)12-7-8-12/h3-6,9-10,12H,7-8,11H2,1-2H3,(H,20,24). The van der Waals surface area contributed by atoms with Gasteiger partial charge < -0.3 is 9.88 Å². The van der Waals surface area contributed by atoms with Gasteiger partial charge in [-0.1, -0.05) is 23.9 Å². The van der Waals surface area contributed by atoms with Crippen LogP contribution in [0.15, 0.2) is 41.8 Å². The lowest BCUT2D eigenvalue weighted by atomic mass is 9.96. The first-order valence-electron chi connectivity index (χ1n) is 8.37. The zero-order chi connectivity index (χ0) is 17.6. The third-order valence-corrected chi connectivity index (χ3v) is 5.62. The Morgan fingerprint density at radius 2 is 2.12 bits per heavy atom. The lowest BCUT2D eigenvalue weighted by Gasteiger charge is -2.42. The zero-order valence-corrected chi connectivity index (χ0v) is 15.0. The van der Waals surface area contributed by atoms with Gasteiger partial charge in [-0.25, -0.2) is 4.98 Å². The minimum absolute atomic E-state index is 0.0948. The predicted octanol–water partition coefficient (Wildman–Crippen LogP) is 3.07. The molecule has 2 aromatic rings. The van der Waals surface area contributed by atoms with E-state index >= 15 is 0 Å². The van der Waals surface area contributed by atoms with E-state index in [9.17, 15) is 9.59 Å². The lowest BCUT2D eigenvalue weighted by Crippen LogP contribution is -2.59. The quantitative estimate of drug-likeness (QED) is 0.855. The molecule has 1 aromatic carbocycles. The van der Waals surface area contributed by atoms with Gasteiger partial charge in [-0.2, -0.15) is 0 Å². The van der Waals surface area contributed by atoms with Crippen LogP contribution in [0.3, 0.4) is 0 Å². The van der Waals surface area contributed by atoms with Gasteiger partial charge in [-0.15, -0.1) is 0 Å². The number of nitrogens with zero attached hydrogens (tertiary/aromatic N) is 3. The lowest BCUT2D eigenvalue weighted by molar-refractivity contribution is -0.125. The third kappa shape index (κ3) is 2.82. The van der Waals surface area contributed by atoms with Crippen molar-refractivity contribution in [2.45, 2.75) is 43.4 Å². The fourth-order valence-electron chi connectivity index (χ4n) is 3.13. The fourth-order valence-corrected chi connectivity index (χ4v) is 4.01. The number of amides is 2. The van der Waals surface area contributed by atoms with E-state index in [-0.39, 0.29) is 17.6 Å². The van der Waals surface area contributed by atoms with Crippen LogP contribution in [0.1, 0.15) is 32.7 Å². The molecule has 25 heavy (non-hydrogen) atoms. The molecule has 2 aliphatic rings. The monoisotopic (exact) mass is 356 g/mol. The number of hydrogen-bond acceptors (Lipinski definition) is 4. The van der Waals surface area contributed by atoms with Gasteiger partial charge in [0.05, 0.1) is 17.1 Å². The molecule has 2 heterocycles. The Labute approximate surface area is 150 Å². The van der Waals surface area contributed by atoms with Crippen molar-refractivity contribution in [3.8, 4) is 0 Å². The van der Waals surface area contributed by atoms with Crippen LogP contribution >= 0.6 is 11.8 Å². The normalized spacial score (nSPS) is 18.6. The smallest absolute Gasteiger partial charge is 0.250 e. The number of imidazole rings is 1. The summed E-state index contributed by atoms with van der Waals surface area (Å²) in [5.74, 6) is -0.0268. The highest BCUT2D eigenvalue weighted by Gasteiger charge is 2.43. The topological polar surface area (TPSA) is 67.2 Å². The molecule has 1 N–H and O–H groups in total. The summed E-state index contributed by atoms with van der Waals surface area (Å²) in [5.41, 5.74) is 0.477. The minimum Gasteiger partial charge on any atom is -0.323 e. The Balaban J connectivity index is 1.57. The van der Waals surface area contributed by atoms with Crippen molar-refractivity contribution in [3.05, 3.63) is 36.7 Å². The molecule has 0 saturated heterocycles. The van der Waals surface area contributed by atoms with Gasteiger partial charge in [0.15, 0.2) is 5.16 Å². The fraction of sp³-hybridized carbons (Fsp3) is 0.389. The second-order valence-corrected chi connectivity index (χ2v) is 7.84. The summed E-state index contributed by atoms with van der Waals surface area (Å²) in [7, 11) is 0. The van der Waals surface area contributed by atoms with Crippen LogP contribution in [0, 0.1) is 0 Å². The van der Waals surface area contributed by atoms with Crippen LogP contribution in [0.2, 0.25) is 0 Å². The molecule has 1 saturated carbocycles. The van der Waals surface area contributed by atoms with Gasteiger partial charge in [0.1, 0.15) is 5.54 Å². The molecule has 1 aromatic heterocycles. The van der Waals surface area contributed by atoms with Crippen molar-refractivity contribution in [2.75, 3.05) is 16.0 Å². The zero-order valence-electron chi connectivity index (χ0n) is 14.2. The van der Waals surface area contributed by atoms with Crippen molar-refractivity contribution in [3.63, 3.8) is 0 Å². The second-order valence-electron chi connectivity index (χ2n) is 6.90. The molecule has 6 nitrogen and oxygen atoms in total. The van der Waals surface area contributed by atoms with E-state index in [0.717, 1.165) is 10.8 Å². The number of aromatic nitrogens is 2. The number of para-hydroxylation sites is 2. The summed E-state index contributed by atoms with van der Waals surface area (Å²) in [5, 5.41) is 3.75. The van der Waals surface area contributed by atoms with Crippen LogP contribution in [0.4, 0.5) is 11.4 Å². The number of nitrogens with one attached hydrogen (secondary N) is 1. The number of carbonyl (C=O) groups is 2. The molecule has 2 amide bonds. The molecule has 0 unspecified atom stereocenters. The Bertz CT molecular complexity index is 841. The molecule has 1 fully saturated rings. The maximum atomic E-state index is 13.0. The van der Waals surface area contributed by atoms with Gasteiger partial charge in [-0.3, -0.25) is 14.5 Å². The molecule has 0 radical (unpaired) electrons. The average molecular weight is 356 g/mol. The van der Waals surface area contributed by atoms with Gasteiger partial charge in [0, 0.05) is 18.4 Å². The number of carbonyl (C=O) groups excluding carboxylic acids is 2. The van der Waals surface area contributed by atoms with Crippen molar-refractivity contribution in [1.82, 2.24) is 9.55 Å². The molecule has 0 atom stereocenters. The highest BCUT2D eigenvalue weighted by atomic mass is 32.2. The first-order chi connectivity index (χ1) is 12.0. The molecule has 0 spiro atoms. The van der Waals surface area contributed by atoms with Crippen molar-refractivity contribution >= 4 is 35.0 Å². The number of hydrogen-bond donors (Lipinski definition) is 1. The molecule has 130 valence electrons. The molecule has 1 aliphatic carbocycles. The van der Waals surface area contributed by atoms with E-state index < -0.39 is 5.54 Å². The molecule has 7 heteroatoms. The number of benzene rings is 1. The summed E-state index contributed by atoms with van der Waals surface area (Å²) in [6, 6.07) is 7.93. The molecule has 1 aliphatic heterocycles. The van der Waals surface area contributed by atoms with E-state index in [1.165, 1.54) is 24.6 Å². The number of anilines is 2. The van der Waals surface area contributed by atoms with E-state index in [1.54, 1.807) is 24.9 Å². The molecule has 4 rings (SSSR count). The summed E-state index contributed by atoms with van der Waals surface area (Å²) >= 11 is 1.43. The van der Waals surface area contributed by atoms with Crippen molar-refractivity contribution in [1.29, 1.82) is 0 Å². The van der Waals surface area contributed by atoms with Gasteiger partial charge >= 0.3 is 0 Å². The van der Waals surface area contributed by atoms with Crippen LogP contribution in [-0.2, 0) is 9.59 Å². The molecule has 0 bridgehead atoms. The summed E-state index contributed by atoms with van der Waals surface area (Å²) < 4.78 is 2.14. The predicted molar refractivity (Wildman–Crippen MR) is 97.9 cm³/mol. The SMILES string of the molecule is CC1(C)C(=O)Nc2ccccc2N1C(=O)CSc1nccn1C1CC1. The highest BCUT2D eigenvalue weighted by molar-refractivity contribution is 7.99. The minimum atomic E-state index is -0.933. The van der Waals surface area contributed by atoms with Crippen LogP contribution in [0.5, 0.6) is 0 Å². The maximum Gasteiger partial charge on any atom is 0.250 e. The van der Waals surface area contributed by atoms with E-state index in [2.05, 4.69) is 14.9 Å². The van der Waals surface area contributed by atoms with Crippen molar-refractivity contribution in [2.24, 2.45) is 0 Å². The summed E-state index contributed by atoms with van der Waals surface area (Å²) in [4.78, 5) is 31.4. The Morgan fingerprint density at radius 3 is 2.88 bits per heavy atom. The number of fused-ring (bicyclic) bond motifs is 1. The number of rotatable bonds is 4. The van der Waals surface area contributed by atoms with Gasteiger partial charge in [-0.05, 0) is 38.8 Å². The first-order valence-corrected chi connectivity index (χ1v) is 9.36. The Morgan fingerprint density at radius 1 is 1.36 bits per heavy atom. The van der Waals surface area contributed by atoms with Crippen LogP contribution < -0.4 is 10.2 Å². The van der Waals surface area contributed by atoms with Crippen molar-refractivity contribution < 1.29 is 9.59 Å². The number of thioether (sulfide) groups is 1. The van der Waals surface area contributed by atoms with Crippen LogP contribution in [-0.4, -0.2) is 32.7 Å². The highest BCUT2D eigenvalue weighted by Crippen LogP contribution is 2.39. The average Bonchev–Trinajstić information content (AvgIpc) is 3.32. The second kappa shape index (κ2) is 5.91. The maximum absolute atomic E-state index is 13.0. The Kier molecular flexibility index (Phi) is 3.83. The van der Waals surface area contributed by atoms with E-state index in [0.29, 0.717) is 11.7 Å². The molecular formula is C18H20N4O2S. The van der Waals surface area contributed by atoms with E-state index in [4.69, 9.17) is 0 Å². The first kappa shape index (κ1) is 16.2. The molecular weight excluding hydrogens is 336 g/mol.